The van der Waals surface area contributed by atoms with Crippen LogP contribution in [0.3, 0.4) is 0 Å². The number of hydrogen-bond donors (Lipinski definition) is 1. The van der Waals surface area contributed by atoms with Gasteiger partial charge in [-0.2, -0.15) is 0 Å². The van der Waals surface area contributed by atoms with Crippen molar-refractivity contribution in [3.63, 3.8) is 0 Å². The minimum absolute atomic E-state index is 0.112. The van der Waals surface area contributed by atoms with E-state index in [9.17, 15) is 4.79 Å². The number of carbonyl (C=O) groups excluding carboxylic acids is 1. The molecule has 4 heteroatoms. The van der Waals surface area contributed by atoms with Gasteiger partial charge in [0.1, 0.15) is 11.5 Å². The van der Waals surface area contributed by atoms with Crippen molar-refractivity contribution in [3.05, 3.63) is 23.8 Å². The Hall–Kier alpha value is -2.15. The van der Waals surface area contributed by atoms with Crippen LogP contribution in [0, 0.1) is 19.8 Å². The third kappa shape index (κ3) is 5.47. The molecule has 0 saturated carbocycles. The zero-order valence-corrected chi connectivity index (χ0v) is 9.97. The number of carbonyl (C=O) groups is 1. The van der Waals surface area contributed by atoms with Gasteiger partial charge >= 0.3 is 5.97 Å². The molecule has 0 aliphatic rings. The van der Waals surface area contributed by atoms with Crippen LogP contribution < -0.4 is 4.74 Å². The van der Waals surface area contributed by atoms with E-state index in [1.54, 1.807) is 26.0 Å². The molecule has 1 aromatic carbocycles. The molecule has 17 heavy (non-hydrogen) atoms. The third-order valence-corrected chi connectivity index (χ3v) is 1.81. The molecule has 0 spiro atoms. The van der Waals surface area contributed by atoms with Crippen LogP contribution in [0.1, 0.15) is 12.5 Å². The lowest BCUT2D eigenvalue weighted by Gasteiger charge is -2.08. The standard InChI is InChI=1S/C11H14O4.C2H2/c1-3-14-11(13)7-15-10-5-4-9(12)6-8(10)2;1-2/h4-6,12H,3,7H2,1-2H3;1-2H. The summed E-state index contributed by atoms with van der Waals surface area (Å²) in [5, 5.41) is 9.15. The summed E-state index contributed by atoms with van der Waals surface area (Å²) in [6, 6.07) is 4.69. The van der Waals surface area contributed by atoms with Crippen molar-refractivity contribution in [2.45, 2.75) is 13.8 Å². The Kier molecular flexibility index (Phi) is 7.04. The van der Waals surface area contributed by atoms with Crippen molar-refractivity contribution in [1.29, 1.82) is 0 Å². The summed E-state index contributed by atoms with van der Waals surface area (Å²) in [6.07, 6.45) is 8.00. The van der Waals surface area contributed by atoms with E-state index in [2.05, 4.69) is 12.8 Å². The molecule has 0 unspecified atom stereocenters. The maximum Gasteiger partial charge on any atom is 0.344 e. The molecule has 1 aromatic rings. The average molecular weight is 236 g/mol. The topological polar surface area (TPSA) is 55.8 Å². The second-order valence-electron chi connectivity index (χ2n) is 3.04. The minimum Gasteiger partial charge on any atom is -0.508 e. The number of aromatic hydroxyl groups is 1. The molecule has 0 radical (unpaired) electrons. The lowest BCUT2D eigenvalue weighted by Crippen LogP contribution is -2.14. The molecule has 0 aromatic heterocycles. The summed E-state index contributed by atoms with van der Waals surface area (Å²) in [7, 11) is 0. The summed E-state index contributed by atoms with van der Waals surface area (Å²) in [5.41, 5.74) is 0.777. The van der Waals surface area contributed by atoms with Gasteiger partial charge in [0.25, 0.3) is 0 Å². The van der Waals surface area contributed by atoms with Gasteiger partial charge < -0.3 is 14.6 Å². The van der Waals surface area contributed by atoms with Crippen LogP contribution in [0.15, 0.2) is 18.2 Å². The minimum atomic E-state index is -0.398. The number of hydrogen-bond acceptors (Lipinski definition) is 4. The van der Waals surface area contributed by atoms with Gasteiger partial charge in [0.15, 0.2) is 6.61 Å². The van der Waals surface area contributed by atoms with E-state index >= 15 is 0 Å². The number of ether oxygens (including phenoxy) is 2. The van der Waals surface area contributed by atoms with Crippen LogP contribution in [-0.2, 0) is 9.53 Å². The number of esters is 1. The molecule has 0 fully saturated rings. The summed E-state index contributed by atoms with van der Waals surface area (Å²) in [5.74, 6) is 0.349. The Labute approximate surface area is 101 Å². The second kappa shape index (κ2) is 8.05. The molecular formula is C13H16O4. The Bertz CT molecular complexity index is 382. The smallest absolute Gasteiger partial charge is 0.344 e. The van der Waals surface area contributed by atoms with Crippen molar-refractivity contribution in [3.8, 4) is 24.3 Å². The molecule has 1 N–H and O–H groups in total. The van der Waals surface area contributed by atoms with Gasteiger partial charge in [-0.05, 0) is 37.6 Å². The maximum absolute atomic E-state index is 11.0. The Morgan fingerprint density at radius 1 is 1.41 bits per heavy atom. The van der Waals surface area contributed by atoms with Crippen LogP contribution >= 0.6 is 0 Å². The van der Waals surface area contributed by atoms with Crippen molar-refractivity contribution in [2.75, 3.05) is 13.2 Å². The fourth-order valence-electron chi connectivity index (χ4n) is 1.13. The summed E-state index contributed by atoms with van der Waals surface area (Å²) < 4.78 is 9.93. The SMILES string of the molecule is C#C.CCOC(=O)COc1ccc(O)cc1C. The molecule has 0 aliphatic carbocycles. The molecule has 0 saturated heterocycles. The fourth-order valence-corrected chi connectivity index (χ4v) is 1.13. The Morgan fingerprint density at radius 3 is 2.59 bits per heavy atom. The third-order valence-electron chi connectivity index (χ3n) is 1.81. The molecule has 4 nitrogen and oxygen atoms in total. The molecule has 0 aliphatic heterocycles. The van der Waals surface area contributed by atoms with E-state index in [0.29, 0.717) is 12.4 Å². The van der Waals surface area contributed by atoms with Crippen LogP contribution in [0.5, 0.6) is 11.5 Å². The quantitative estimate of drug-likeness (QED) is 0.640. The number of aryl methyl sites for hydroxylation is 1. The van der Waals surface area contributed by atoms with Gasteiger partial charge in [0, 0.05) is 0 Å². The molecule has 0 heterocycles. The largest absolute Gasteiger partial charge is 0.508 e. The summed E-state index contributed by atoms with van der Waals surface area (Å²) >= 11 is 0. The van der Waals surface area contributed by atoms with E-state index < -0.39 is 5.97 Å². The normalized spacial score (nSPS) is 8.71. The van der Waals surface area contributed by atoms with Crippen molar-refractivity contribution in [1.82, 2.24) is 0 Å². The van der Waals surface area contributed by atoms with Crippen LogP contribution in [0.2, 0.25) is 0 Å². The highest BCUT2D eigenvalue weighted by Crippen LogP contribution is 2.22. The van der Waals surface area contributed by atoms with Crippen LogP contribution in [0.4, 0.5) is 0 Å². The molecule has 0 amide bonds. The highest BCUT2D eigenvalue weighted by molar-refractivity contribution is 5.71. The number of terminal acetylenes is 1. The summed E-state index contributed by atoms with van der Waals surface area (Å²) in [4.78, 5) is 11.0. The maximum atomic E-state index is 11.0. The number of phenols is 1. The van der Waals surface area contributed by atoms with E-state index in [4.69, 9.17) is 14.6 Å². The van der Waals surface area contributed by atoms with E-state index in [-0.39, 0.29) is 12.4 Å². The molecule has 1 rings (SSSR count). The number of benzene rings is 1. The van der Waals surface area contributed by atoms with Gasteiger partial charge in [-0.1, -0.05) is 0 Å². The molecule has 92 valence electrons. The van der Waals surface area contributed by atoms with E-state index in [1.807, 2.05) is 0 Å². The monoisotopic (exact) mass is 236 g/mol. The van der Waals surface area contributed by atoms with E-state index in [0.717, 1.165) is 5.56 Å². The van der Waals surface area contributed by atoms with Gasteiger partial charge in [0.2, 0.25) is 0 Å². The van der Waals surface area contributed by atoms with Gasteiger partial charge in [-0.25, -0.2) is 4.79 Å². The fraction of sp³-hybridized carbons (Fsp3) is 0.308. The first-order valence-electron chi connectivity index (χ1n) is 5.05. The van der Waals surface area contributed by atoms with Gasteiger partial charge in [-0.3, -0.25) is 0 Å². The zero-order valence-electron chi connectivity index (χ0n) is 9.97. The Balaban J connectivity index is 0.00000121. The number of rotatable bonds is 4. The van der Waals surface area contributed by atoms with Crippen molar-refractivity contribution in [2.24, 2.45) is 0 Å². The van der Waals surface area contributed by atoms with Crippen molar-refractivity contribution < 1.29 is 19.4 Å². The molecular weight excluding hydrogens is 220 g/mol. The lowest BCUT2D eigenvalue weighted by molar-refractivity contribution is -0.145. The molecule has 0 bridgehead atoms. The summed E-state index contributed by atoms with van der Waals surface area (Å²) in [6.45, 7) is 3.76. The first-order valence-corrected chi connectivity index (χ1v) is 5.05. The first-order chi connectivity index (χ1) is 8.13. The highest BCUT2D eigenvalue weighted by Gasteiger charge is 2.05. The predicted molar refractivity (Wildman–Crippen MR) is 64.9 cm³/mol. The van der Waals surface area contributed by atoms with Gasteiger partial charge in [-0.15, -0.1) is 12.8 Å². The first kappa shape index (κ1) is 14.8. The van der Waals surface area contributed by atoms with Crippen LogP contribution in [0.25, 0.3) is 0 Å². The van der Waals surface area contributed by atoms with Crippen LogP contribution in [-0.4, -0.2) is 24.3 Å². The average Bonchev–Trinajstić information content (AvgIpc) is 2.31. The second-order valence-corrected chi connectivity index (χ2v) is 3.04. The van der Waals surface area contributed by atoms with Crippen molar-refractivity contribution >= 4 is 5.97 Å². The highest BCUT2D eigenvalue weighted by atomic mass is 16.6. The predicted octanol–water partition coefficient (Wildman–Crippen LogP) is 1.89. The lowest BCUT2D eigenvalue weighted by atomic mass is 10.2. The van der Waals surface area contributed by atoms with E-state index in [1.165, 1.54) is 6.07 Å². The molecule has 0 atom stereocenters. The number of phenolic OH excluding ortho intramolecular Hbond substituents is 1. The Morgan fingerprint density at radius 2 is 2.06 bits per heavy atom. The van der Waals surface area contributed by atoms with Gasteiger partial charge in [0.05, 0.1) is 6.61 Å². The zero-order chi connectivity index (χ0) is 13.3.